The van der Waals surface area contributed by atoms with Crippen LogP contribution < -0.4 is 4.74 Å². The molecule has 0 aromatic heterocycles. The highest BCUT2D eigenvalue weighted by Gasteiger charge is 2.33. The zero-order valence-electron chi connectivity index (χ0n) is 13.5. The molecule has 2 atom stereocenters. The van der Waals surface area contributed by atoms with Crippen LogP contribution in [0.3, 0.4) is 0 Å². The van der Waals surface area contributed by atoms with Crippen LogP contribution in [0.4, 0.5) is 0 Å². The lowest BCUT2D eigenvalue weighted by Crippen LogP contribution is -2.39. The smallest absolute Gasteiger partial charge is 0.246 e. The number of ether oxygens (including phenoxy) is 2. The summed E-state index contributed by atoms with van der Waals surface area (Å²) in [6.45, 7) is 1.25. The van der Waals surface area contributed by atoms with Gasteiger partial charge in [0.2, 0.25) is 10.0 Å². The monoisotopic (exact) mass is 328 g/mol. The maximum absolute atomic E-state index is 12.8. The molecule has 0 saturated carbocycles. The van der Waals surface area contributed by atoms with Crippen molar-refractivity contribution in [2.45, 2.75) is 23.5 Å². The Kier molecular flexibility index (Phi) is 5.44. The quantitative estimate of drug-likeness (QED) is 0.781. The van der Waals surface area contributed by atoms with Crippen LogP contribution in [0.1, 0.15) is 6.42 Å². The van der Waals surface area contributed by atoms with Gasteiger partial charge in [-0.1, -0.05) is 12.1 Å². The summed E-state index contributed by atoms with van der Waals surface area (Å²) in [6.07, 6.45) is 0.996. The van der Waals surface area contributed by atoms with E-state index in [1.807, 2.05) is 7.05 Å². The van der Waals surface area contributed by atoms with Crippen molar-refractivity contribution in [2.75, 3.05) is 41.4 Å². The standard InChI is InChI=1S/C15H24N2O4S/c1-16-11-13(20-3)9-12(16)10-17(2)22(18,19)15-8-6-5-7-14(15)21-4/h5-8,12-13H,9-11H2,1-4H3/t12-,13-/m0/s1. The molecule has 0 bridgehead atoms. The van der Waals surface area contributed by atoms with E-state index in [1.165, 1.54) is 11.4 Å². The zero-order chi connectivity index (χ0) is 16.3. The van der Waals surface area contributed by atoms with Crippen molar-refractivity contribution < 1.29 is 17.9 Å². The molecule has 0 aliphatic carbocycles. The van der Waals surface area contributed by atoms with Crippen LogP contribution in [-0.4, -0.2) is 71.2 Å². The first-order valence-corrected chi connectivity index (χ1v) is 8.66. The molecule has 0 unspecified atom stereocenters. The molecular formula is C15H24N2O4S. The summed E-state index contributed by atoms with van der Waals surface area (Å²) in [5.74, 6) is 0.365. The van der Waals surface area contributed by atoms with Gasteiger partial charge >= 0.3 is 0 Å². The largest absolute Gasteiger partial charge is 0.495 e. The van der Waals surface area contributed by atoms with E-state index in [0.29, 0.717) is 12.3 Å². The van der Waals surface area contributed by atoms with Gasteiger partial charge in [0.15, 0.2) is 0 Å². The minimum absolute atomic E-state index is 0.152. The number of methoxy groups -OCH3 is 2. The third-order valence-corrected chi connectivity index (χ3v) is 6.07. The van der Waals surface area contributed by atoms with Gasteiger partial charge in [-0.15, -0.1) is 0 Å². The SMILES string of the molecule is COc1ccccc1S(=O)(=O)N(C)C[C@@H]1C[C@H](OC)CN1C. The lowest BCUT2D eigenvalue weighted by molar-refractivity contribution is 0.111. The summed E-state index contributed by atoms with van der Waals surface area (Å²) in [5.41, 5.74) is 0. The fourth-order valence-corrected chi connectivity index (χ4v) is 4.17. The number of sulfonamides is 1. The highest BCUT2D eigenvalue weighted by atomic mass is 32.2. The molecule has 1 aromatic rings. The number of likely N-dealkylation sites (N-methyl/N-ethyl adjacent to an activating group) is 2. The number of hydrogen-bond acceptors (Lipinski definition) is 5. The van der Waals surface area contributed by atoms with E-state index in [2.05, 4.69) is 4.90 Å². The van der Waals surface area contributed by atoms with Crippen molar-refractivity contribution in [3.63, 3.8) is 0 Å². The third kappa shape index (κ3) is 3.43. The van der Waals surface area contributed by atoms with Crippen LogP contribution in [-0.2, 0) is 14.8 Å². The molecule has 6 nitrogen and oxygen atoms in total. The van der Waals surface area contributed by atoms with Gasteiger partial charge in [0.05, 0.1) is 13.2 Å². The van der Waals surface area contributed by atoms with Crippen molar-refractivity contribution in [2.24, 2.45) is 0 Å². The van der Waals surface area contributed by atoms with E-state index in [0.717, 1.165) is 13.0 Å². The van der Waals surface area contributed by atoms with Crippen molar-refractivity contribution >= 4 is 10.0 Å². The highest BCUT2D eigenvalue weighted by molar-refractivity contribution is 7.89. The Morgan fingerprint density at radius 2 is 2.00 bits per heavy atom. The molecule has 0 radical (unpaired) electrons. The minimum atomic E-state index is -3.58. The molecule has 1 heterocycles. The normalized spacial score (nSPS) is 23.1. The Morgan fingerprint density at radius 3 is 2.59 bits per heavy atom. The number of benzene rings is 1. The van der Waals surface area contributed by atoms with Crippen LogP contribution in [0.2, 0.25) is 0 Å². The molecule has 22 heavy (non-hydrogen) atoms. The summed E-state index contributed by atoms with van der Waals surface area (Å²) in [5, 5.41) is 0. The average molecular weight is 328 g/mol. The van der Waals surface area contributed by atoms with Crippen LogP contribution >= 0.6 is 0 Å². The molecule has 0 amide bonds. The first-order chi connectivity index (χ1) is 10.4. The predicted octanol–water partition coefficient (Wildman–Crippen LogP) is 1.03. The van der Waals surface area contributed by atoms with Crippen molar-refractivity contribution in [3.8, 4) is 5.75 Å². The number of likely N-dealkylation sites (tertiary alicyclic amines) is 1. The number of para-hydroxylation sites is 1. The van der Waals surface area contributed by atoms with Gasteiger partial charge in [0.1, 0.15) is 10.6 Å². The second-order valence-electron chi connectivity index (χ2n) is 5.62. The Morgan fingerprint density at radius 1 is 1.32 bits per heavy atom. The predicted molar refractivity (Wildman–Crippen MR) is 84.6 cm³/mol. The first kappa shape index (κ1) is 17.2. The molecule has 1 aromatic carbocycles. The van der Waals surface area contributed by atoms with E-state index in [-0.39, 0.29) is 17.0 Å². The van der Waals surface area contributed by atoms with E-state index < -0.39 is 10.0 Å². The number of hydrogen-bond donors (Lipinski definition) is 0. The molecule has 1 aliphatic rings. The van der Waals surface area contributed by atoms with Gasteiger partial charge in [-0.05, 0) is 25.6 Å². The van der Waals surface area contributed by atoms with Gasteiger partial charge in [0, 0.05) is 33.3 Å². The lowest BCUT2D eigenvalue weighted by atomic mass is 10.2. The lowest BCUT2D eigenvalue weighted by Gasteiger charge is -2.25. The molecule has 7 heteroatoms. The van der Waals surface area contributed by atoms with Gasteiger partial charge in [0.25, 0.3) is 0 Å². The molecule has 0 N–H and O–H groups in total. The Hall–Kier alpha value is -1.15. The Labute approximate surface area is 132 Å². The van der Waals surface area contributed by atoms with E-state index in [9.17, 15) is 8.42 Å². The van der Waals surface area contributed by atoms with Gasteiger partial charge in [-0.3, -0.25) is 4.90 Å². The topological polar surface area (TPSA) is 59.1 Å². The third-order valence-electron chi connectivity index (χ3n) is 4.21. The van der Waals surface area contributed by atoms with E-state index in [4.69, 9.17) is 9.47 Å². The van der Waals surface area contributed by atoms with E-state index in [1.54, 1.807) is 38.4 Å². The van der Waals surface area contributed by atoms with Crippen LogP contribution in [0.15, 0.2) is 29.2 Å². The molecule has 1 aliphatic heterocycles. The molecule has 124 valence electrons. The second kappa shape index (κ2) is 6.95. The number of rotatable bonds is 6. The van der Waals surface area contributed by atoms with Gasteiger partial charge < -0.3 is 9.47 Å². The summed E-state index contributed by atoms with van der Waals surface area (Å²) in [7, 11) is 3.19. The van der Waals surface area contributed by atoms with Crippen LogP contribution in [0, 0.1) is 0 Å². The summed E-state index contributed by atoms with van der Waals surface area (Å²) in [4.78, 5) is 2.34. The highest BCUT2D eigenvalue weighted by Crippen LogP contribution is 2.27. The van der Waals surface area contributed by atoms with Crippen molar-refractivity contribution in [3.05, 3.63) is 24.3 Å². The zero-order valence-corrected chi connectivity index (χ0v) is 14.3. The summed E-state index contributed by atoms with van der Waals surface area (Å²) >= 11 is 0. The van der Waals surface area contributed by atoms with Gasteiger partial charge in [-0.2, -0.15) is 4.31 Å². The van der Waals surface area contributed by atoms with E-state index >= 15 is 0 Å². The molecule has 0 spiro atoms. The average Bonchev–Trinajstić information content (AvgIpc) is 2.87. The van der Waals surface area contributed by atoms with Crippen molar-refractivity contribution in [1.82, 2.24) is 9.21 Å². The molecule has 1 saturated heterocycles. The summed E-state index contributed by atoms with van der Waals surface area (Å²) in [6, 6.07) is 6.83. The van der Waals surface area contributed by atoms with Crippen LogP contribution in [0.25, 0.3) is 0 Å². The maximum Gasteiger partial charge on any atom is 0.246 e. The summed E-state index contributed by atoms with van der Waals surface area (Å²) < 4.78 is 37.4. The Bertz CT molecular complexity index is 605. The fraction of sp³-hybridized carbons (Fsp3) is 0.600. The fourth-order valence-electron chi connectivity index (χ4n) is 2.81. The van der Waals surface area contributed by atoms with Crippen molar-refractivity contribution in [1.29, 1.82) is 0 Å². The van der Waals surface area contributed by atoms with Gasteiger partial charge in [-0.25, -0.2) is 8.42 Å². The first-order valence-electron chi connectivity index (χ1n) is 7.22. The molecule has 2 rings (SSSR count). The Balaban J connectivity index is 2.16. The number of nitrogens with zero attached hydrogens (tertiary/aromatic N) is 2. The molecular weight excluding hydrogens is 304 g/mol. The minimum Gasteiger partial charge on any atom is -0.495 e. The second-order valence-corrected chi connectivity index (χ2v) is 7.64. The maximum atomic E-state index is 12.8. The molecule has 1 fully saturated rings. The van der Waals surface area contributed by atoms with Crippen LogP contribution in [0.5, 0.6) is 5.75 Å².